The number of nitrogens with one attached hydrogen (secondary N) is 2. The predicted octanol–water partition coefficient (Wildman–Crippen LogP) is 3.16. The van der Waals surface area contributed by atoms with Crippen LogP contribution in [0.1, 0.15) is 53.4 Å². The van der Waals surface area contributed by atoms with Gasteiger partial charge in [0.1, 0.15) is 0 Å². The Hall–Kier alpha value is -0.730. The molecule has 0 heterocycles. The molecule has 1 rings (SSSR count). The molecule has 0 saturated heterocycles. The quantitative estimate of drug-likeness (QED) is 0.765. The van der Waals surface area contributed by atoms with Crippen molar-refractivity contribution >= 4 is 6.03 Å². The first kappa shape index (κ1) is 15.3. The molecule has 1 fully saturated rings. The van der Waals surface area contributed by atoms with Gasteiger partial charge in [-0.15, -0.1) is 0 Å². The zero-order valence-electron chi connectivity index (χ0n) is 11.3. The molecule has 0 atom stereocenters. The number of carbonyl (C=O) groups excluding carboxylic acids is 1. The van der Waals surface area contributed by atoms with Crippen LogP contribution in [0.3, 0.4) is 0 Å². The molecule has 2 N–H and O–H groups in total. The lowest BCUT2D eigenvalue weighted by atomic mass is 9.83. The van der Waals surface area contributed by atoms with E-state index in [2.05, 4.69) is 17.6 Å². The molecule has 0 aromatic carbocycles. The molecule has 1 aliphatic carbocycles. The van der Waals surface area contributed by atoms with Crippen molar-refractivity contribution in [2.24, 2.45) is 11.8 Å². The smallest absolute Gasteiger partial charge is 0.314 e. The molecular weight excluding hydrogens is 200 g/mol. The largest absolute Gasteiger partial charge is 0.338 e. The number of carbonyl (C=O) groups is 1. The van der Waals surface area contributed by atoms with Gasteiger partial charge in [0.05, 0.1) is 0 Å². The maximum absolute atomic E-state index is 11.1. The zero-order chi connectivity index (χ0) is 12.4. The number of hydrogen-bond acceptors (Lipinski definition) is 1. The summed E-state index contributed by atoms with van der Waals surface area (Å²) in [5.41, 5.74) is 0. The van der Waals surface area contributed by atoms with E-state index in [0.29, 0.717) is 12.5 Å². The van der Waals surface area contributed by atoms with Crippen LogP contribution in [0.25, 0.3) is 0 Å². The second-order valence-corrected chi connectivity index (χ2v) is 4.37. The number of hydrogen-bond donors (Lipinski definition) is 2. The Balaban J connectivity index is 0.00000106. The van der Waals surface area contributed by atoms with Gasteiger partial charge in [-0.25, -0.2) is 4.79 Å². The molecule has 0 aliphatic heterocycles. The molecule has 0 radical (unpaired) electrons. The number of urea groups is 1. The van der Waals surface area contributed by atoms with E-state index < -0.39 is 0 Å². The molecule has 0 bridgehead atoms. The van der Waals surface area contributed by atoms with E-state index in [1.165, 1.54) is 25.7 Å². The fourth-order valence-electron chi connectivity index (χ4n) is 1.99. The van der Waals surface area contributed by atoms with Crippen LogP contribution in [0.5, 0.6) is 0 Å². The maximum atomic E-state index is 11.1. The molecule has 0 aromatic heterocycles. The van der Waals surface area contributed by atoms with Crippen LogP contribution in [0.4, 0.5) is 4.79 Å². The first-order valence-corrected chi connectivity index (χ1v) is 6.74. The van der Waals surface area contributed by atoms with Gasteiger partial charge in [-0.05, 0) is 31.6 Å². The Morgan fingerprint density at radius 1 is 1.12 bits per heavy atom. The molecule has 1 saturated carbocycles. The Labute approximate surface area is 100 Å². The van der Waals surface area contributed by atoms with Gasteiger partial charge in [0.15, 0.2) is 0 Å². The summed E-state index contributed by atoms with van der Waals surface area (Å²) in [5.74, 6) is 1.59. The van der Waals surface area contributed by atoms with Gasteiger partial charge >= 0.3 is 6.03 Å². The third kappa shape index (κ3) is 6.70. The van der Waals surface area contributed by atoms with Gasteiger partial charge < -0.3 is 10.6 Å². The van der Waals surface area contributed by atoms with E-state index in [9.17, 15) is 4.79 Å². The Kier molecular flexibility index (Phi) is 9.06. The van der Waals surface area contributed by atoms with Crippen molar-refractivity contribution in [2.75, 3.05) is 13.1 Å². The van der Waals surface area contributed by atoms with E-state index in [0.717, 1.165) is 12.5 Å². The van der Waals surface area contributed by atoms with Crippen LogP contribution in [-0.4, -0.2) is 19.1 Å². The summed E-state index contributed by atoms with van der Waals surface area (Å²) in [6.45, 7) is 9.79. The van der Waals surface area contributed by atoms with Gasteiger partial charge in [-0.3, -0.25) is 0 Å². The third-order valence-electron chi connectivity index (χ3n) is 3.02. The van der Waals surface area contributed by atoms with Crippen LogP contribution in [0.2, 0.25) is 0 Å². The van der Waals surface area contributed by atoms with Crippen molar-refractivity contribution in [1.82, 2.24) is 10.6 Å². The first-order chi connectivity index (χ1) is 7.72. The van der Waals surface area contributed by atoms with Crippen molar-refractivity contribution in [3.63, 3.8) is 0 Å². The lowest BCUT2D eigenvalue weighted by Gasteiger charge is -2.26. The minimum Gasteiger partial charge on any atom is -0.338 e. The second-order valence-electron chi connectivity index (χ2n) is 4.37. The zero-order valence-corrected chi connectivity index (χ0v) is 11.3. The fraction of sp³-hybridized carbons (Fsp3) is 0.923. The average molecular weight is 228 g/mol. The minimum absolute atomic E-state index is 0.0221. The normalized spacial score (nSPS) is 24.0. The van der Waals surface area contributed by atoms with Gasteiger partial charge in [0, 0.05) is 13.1 Å². The van der Waals surface area contributed by atoms with E-state index in [1.54, 1.807) is 0 Å². The fourth-order valence-corrected chi connectivity index (χ4v) is 1.99. The SMILES string of the molecule is CC.CCNC(=O)NCC1CCC(C)CC1. The van der Waals surface area contributed by atoms with Crippen LogP contribution in [-0.2, 0) is 0 Å². The first-order valence-electron chi connectivity index (χ1n) is 6.74. The van der Waals surface area contributed by atoms with Crippen LogP contribution < -0.4 is 10.6 Å². The second kappa shape index (κ2) is 9.49. The van der Waals surface area contributed by atoms with Crippen molar-refractivity contribution in [3.05, 3.63) is 0 Å². The van der Waals surface area contributed by atoms with Crippen LogP contribution >= 0.6 is 0 Å². The molecule has 3 heteroatoms. The monoisotopic (exact) mass is 228 g/mol. The molecule has 3 nitrogen and oxygen atoms in total. The third-order valence-corrected chi connectivity index (χ3v) is 3.02. The van der Waals surface area contributed by atoms with E-state index in [4.69, 9.17) is 0 Å². The van der Waals surface area contributed by atoms with Crippen molar-refractivity contribution in [1.29, 1.82) is 0 Å². The summed E-state index contributed by atoms with van der Waals surface area (Å²) in [5, 5.41) is 5.66. The predicted molar refractivity (Wildman–Crippen MR) is 69.5 cm³/mol. The molecular formula is C13H28N2O. The highest BCUT2D eigenvalue weighted by atomic mass is 16.2. The molecule has 96 valence electrons. The van der Waals surface area contributed by atoms with Gasteiger partial charge in [-0.1, -0.05) is 33.6 Å². The van der Waals surface area contributed by atoms with Gasteiger partial charge in [-0.2, -0.15) is 0 Å². The molecule has 0 aromatic rings. The molecule has 0 unspecified atom stereocenters. The van der Waals surface area contributed by atoms with E-state index in [1.807, 2.05) is 20.8 Å². The highest BCUT2D eigenvalue weighted by Gasteiger charge is 2.18. The van der Waals surface area contributed by atoms with E-state index >= 15 is 0 Å². The molecule has 2 amide bonds. The Morgan fingerprint density at radius 3 is 2.19 bits per heavy atom. The summed E-state index contributed by atoms with van der Waals surface area (Å²) in [4.78, 5) is 11.1. The topological polar surface area (TPSA) is 41.1 Å². The number of amides is 2. The maximum Gasteiger partial charge on any atom is 0.314 e. The van der Waals surface area contributed by atoms with Gasteiger partial charge in [0.25, 0.3) is 0 Å². The summed E-state index contributed by atoms with van der Waals surface area (Å²) in [6.07, 6.45) is 5.19. The number of rotatable bonds is 3. The Bertz CT molecular complexity index is 175. The molecule has 0 spiro atoms. The molecule has 16 heavy (non-hydrogen) atoms. The van der Waals surface area contributed by atoms with Crippen LogP contribution in [0.15, 0.2) is 0 Å². The van der Waals surface area contributed by atoms with Crippen molar-refractivity contribution < 1.29 is 4.79 Å². The lowest BCUT2D eigenvalue weighted by Crippen LogP contribution is -2.38. The minimum atomic E-state index is -0.0221. The van der Waals surface area contributed by atoms with Crippen molar-refractivity contribution in [3.8, 4) is 0 Å². The van der Waals surface area contributed by atoms with Crippen LogP contribution in [0, 0.1) is 11.8 Å². The van der Waals surface area contributed by atoms with Gasteiger partial charge in [0.2, 0.25) is 0 Å². The van der Waals surface area contributed by atoms with Crippen molar-refractivity contribution in [2.45, 2.75) is 53.4 Å². The highest BCUT2D eigenvalue weighted by molar-refractivity contribution is 5.73. The molecule has 1 aliphatic rings. The lowest BCUT2D eigenvalue weighted by molar-refractivity contribution is 0.233. The summed E-state index contributed by atoms with van der Waals surface area (Å²) >= 11 is 0. The van der Waals surface area contributed by atoms with E-state index in [-0.39, 0.29) is 6.03 Å². The summed E-state index contributed by atoms with van der Waals surface area (Å²) in [6, 6.07) is -0.0221. The highest BCUT2D eigenvalue weighted by Crippen LogP contribution is 2.27. The Morgan fingerprint density at radius 2 is 1.69 bits per heavy atom. The summed E-state index contributed by atoms with van der Waals surface area (Å²) in [7, 11) is 0. The summed E-state index contributed by atoms with van der Waals surface area (Å²) < 4.78 is 0. The standard InChI is InChI=1S/C11H22N2O.C2H6/c1-3-12-11(14)13-8-10-6-4-9(2)5-7-10;1-2/h9-10H,3-8H2,1-2H3,(H2,12,13,14);1-2H3. The average Bonchev–Trinajstić information content (AvgIpc) is 2.31.